The Labute approximate surface area is 92.3 Å². The maximum Gasteiger partial charge on any atom is 0.183 e. The Balaban J connectivity index is 3.06. The van der Waals surface area contributed by atoms with E-state index >= 15 is 0 Å². The quantitative estimate of drug-likeness (QED) is 0.466. The molecule has 0 N–H and O–H groups in total. The second-order valence-corrected chi connectivity index (χ2v) is 4.73. The van der Waals surface area contributed by atoms with Crippen molar-refractivity contribution in [1.82, 2.24) is 0 Å². The fourth-order valence-corrected chi connectivity index (χ4v) is 1.27. The first-order valence-corrected chi connectivity index (χ1v) is 4.83. The predicted octanol–water partition coefficient (Wildman–Crippen LogP) is 3.57. The highest BCUT2D eigenvalue weighted by molar-refractivity contribution is 8.11. The minimum atomic E-state index is -1.17. The molecule has 0 aliphatic rings. The number of hydrogen-bond acceptors (Lipinski definition) is 1. The van der Waals surface area contributed by atoms with Crippen LogP contribution in [0, 0.1) is 0 Å². The maximum atomic E-state index is 5.94. The van der Waals surface area contributed by atoms with E-state index < -0.39 is 4.33 Å². The van der Waals surface area contributed by atoms with Crippen molar-refractivity contribution in [2.75, 3.05) is 0 Å². The molecule has 0 aliphatic heterocycles. The Morgan fingerprint density at radius 1 is 1.25 bits per heavy atom. The SMILES string of the molecule is S=C(S)C(Cl)(Cl)c1ccccc1. The van der Waals surface area contributed by atoms with Crippen LogP contribution in [0.5, 0.6) is 0 Å². The summed E-state index contributed by atoms with van der Waals surface area (Å²) in [6, 6.07) is 9.20. The molecule has 64 valence electrons. The average Bonchev–Trinajstić information content (AvgIpc) is 2.06. The van der Waals surface area contributed by atoms with Crippen molar-refractivity contribution in [3.05, 3.63) is 35.9 Å². The fourth-order valence-electron chi connectivity index (χ4n) is 0.771. The summed E-state index contributed by atoms with van der Waals surface area (Å²) in [7, 11) is 0. The van der Waals surface area contributed by atoms with E-state index in [1.807, 2.05) is 30.3 Å². The zero-order chi connectivity index (χ0) is 9.19. The van der Waals surface area contributed by atoms with Crippen LogP contribution in [-0.4, -0.2) is 4.20 Å². The highest BCUT2D eigenvalue weighted by Crippen LogP contribution is 2.36. The van der Waals surface area contributed by atoms with Crippen LogP contribution in [0.15, 0.2) is 30.3 Å². The average molecular weight is 237 g/mol. The van der Waals surface area contributed by atoms with Gasteiger partial charge >= 0.3 is 0 Å². The van der Waals surface area contributed by atoms with Crippen molar-refractivity contribution in [1.29, 1.82) is 0 Å². The lowest BCUT2D eigenvalue weighted by molar-refractivity contribution is 1.21. The predicted molar refractivity (Wildman–Crippen MR) is 61.4 cm³/mol. The van der Waals surface area contributed by atoms with Crippen molar-refractivity contribution < 1.29 is 0 Å². The number of thiocarbonyl (C=S) groups is 1. The third-order valence-corrected chi connectivity index (χ3v) is 3.35. The molecule has 0 bridgehead atoms. The first-order chi connectivity index (χ1) is 5.55. The van der Waals surface area contributed by atoms with Crippen LogP contribution in [0.2, 0.25) is 0 Å². The van der Waals surface area contributed by atoms with Gasteiger partial charge in [0.05, 0.1) is 4.20 Å². The van der Waals surface area contributed by atoms with Crippen LogP contribution < -0.4 is 0 Å². The summed E-state index contributed by atoms with van der Waals surface area (Å²) < 4.78 is -0.906. The molecular weight excluding hydrogens is 231 g/mol. The molecule has 0 heterocycles. The molecule has 4 heteroatoms. The molecule has 0 saturated carbocycles. The van der Waals surface area contributed by atoms with E-state index in [1.54, 1.807) is 0 Å². The largest absolute Gasteiger partial charge is 0.183 e. The van der Waals surface area contributed by atoms with Gasteiger partial charge in [-0.2, -0.15) is 0 Å². The summed E-state index contributed by atoms with van der Waals surface area (Å²) in [4.78, 5) is 0. The number of benzene rings is 1. The van der Waals surface area contributed by atoms with Gasteiger partial charge in [0.2, 0.25) is 0 Å². The molecule has 0 spiro atoms. The van der Waals surface area contributed by atoms with Gasteiger partial charge in [-0.1, -0.05) is 65.8 Å². The van der Waals surface area contributed by atoms with E-state index in [2.05, 4.69) is 12.6 Å². The summed E-state index contributed by atoms with van der Waals surface area (Å²) in [5.41, 5.74) is 0.744. The van der Waals surface area contributed by atoms with Gasteiger partial charge < -0.3 is 0 Å². The highest BCUT2D eigenvalue weighted by Gasteiger charge is 2.29. The monoisotopic (exact) mass is 236 g/mol. The molecule has 0 fully saturated rings. The molecule has 0 saturated heterocycles. The normalized spacial score (nSPS) is 11.2. The smallest absolute Gasteiger partial charge is 0.133 e. The summed E-state index contributed by atoms with van der Waals surface area (Å²) in [5.74, 6) is 0. The number of halogens is 2. The minimum absolute atomic E-state index is 0.261. The lowest BCUT2D eigenvalue weighted by Gasteiger charge is -2.17. The Hall–Kier alpha value is 0.240. The Kier molecular flexibility index (Phi) is 3.41. The molecule has 0 aromatic heterocycles. The molecule has 1 aromatic carbocycles. The van der Waals surface area contributed by atoms with Gasteiger partial charge in [0.1, 0.15) is 0 Å². The molecule has 0 aliphatic carbocycles. The maximum absolute atomic E-state index is 5.94. The molecule has 0 amide bonds. The minimum Gasteiger partial charge on any atom is -0.133 e. The van der Waals surface area contributed by atoms with E-state index in [9.17, 15) is 0 Å². The van der Waals surface area contributed by atoms with Gasteiger partial charge in [-0.3, -0.25) is 0 Å². The summed E-state index contributed by atoms with van der Waals surface area (Å²) in [6.07, 6.45) is 0. The summed E-state index contributed by atoms with van der Waals surface area (Å²) >= 11 is 20.7. The van der Waals surface area contributed by atoms with Gasteiger partial charge in [-0.15, -0.1) is 12.6 Å². The van der Waals surface area contributed by atoms with Gasteiger partial charge in [-0.25, -0.2) is 0 Å². The number of alkyl halides is 2. The van der Waals surface area contributed by atoms with Gasteiger partial charge in [0.15, 0.2) is 4.33 Å². The van der Waals surface area contributed by atoms with Crippen molar-refractivity contribution in [3.8, 4) is 0 Å². The lowest BCUT2D eigenvalue weighted by Crippen LogP contribution is -2.16. The standard InChI is InChI=1S/C8H6Cl2S2/c9-8(10,7(11)12)6-4-2-1-3-5-6/h1-5H,(H,11,12). The second-order valence-electron chi connectivity index (χ2n) is 2.25. The molecule has 0 radical (unpaired) electrons. The first-order valence-electron chi connectivity index (χ1n) is 3.22. The first kappa shape index (κ1) is 10.3. The van der Waals surface area contributed by atoms with E-state index in [0.717, 1.165) is 5.56 Å². The van der Waals surface area contributed by atoms with Gasteiger partial charge in [0.25, 0.3) is 0 Å². The summed E-state index contributed by atoms with van der Waals surface area (Å²) in [5, 5.41) is 0. The highest BCUT2D eigenvalue weighted by atomic mass is 35.5. The number of hydrogen-bond donors (Lipinski definition) is 1. The van der Waals surface area contributed by atoms with Crippen molar-refractivity contribution >= 4 is 52.2 Å². The Bertz CT molecular complexity index is 282. The fraction of sp³-hybridized carbons (Fsp3) is 0.125. The van der Waals surface area contributed by atoms with Crippen molar-refractivity contribution in [3.63, 3.8) is 0 Å². The van der Waals surface area contributed by atoms with Crippen LogP contribution in [0.4, 0.5) is 0 Å². The van der Waals surface area contributed by atoms with E-state index in [1.165, 1.54) is 0 Å². The van der Waals surface area contributed by atoms with Gasteiger partial charge in [0, 0.05) is 0 Å². The van der Waals surface area contributed by atoms with Crippen LogP contribution >= 0.6 is 48.0 Å². The van der Waals surface area contributed by atoms with Crippen LogP contribution in [0.25, 0.3) is 0 Å². The van der Waals surface area contributed by atoms with Gasteiger partial charge in [-0.05, 0) is 5.56 Å². The Morgan fingerprint density at radius 2 is 1.75 bits per heavy atom. The van der Waals surface area contributed by atoms with Crippen LogP contribution in [0.1, 0.15) is 5.56 Å². The number of rotatable bonds is 2. The van der Waals surface area contributed by atoms with Crippen molar-refractivity contribution in [2.24, 2.45) is 0 Å². The molecule has 12 heavy (non-hydrogen) atoms. The molecule has 0 atom stereocenters. The van der Waals surface area contributed by atoms with E-state index in [-0.39, 0.29) is 4.20 Å². The lowest BCUT2D eigenvalue weighted by atomic mass is 10.2. The van der Waals surface area contributed by atoms with E-state index in [4.69, 9.17) is 35.4 Å². The van der Waals surface area contributed by atoms with E-state index in [0.29, 0.717) is 0 Å². The van der Waals surface area contributed by atoms with Crippen LogP contribution in [-0.2, 0) is 4.33 Å². The summed E-state index contributed by atoms with van der Waals surface area (Å²) in [6.45, 7) is 0. The number of thiol groups is 1. The third kappa shape index (κ3) is 2.13. The molecule has 0 nitrogen and oxygen atoms in total. The molecular formula is C8H6Cl2S2. The second kappa shape index (κ2) is 3.97. The Morgan fingerprint density at radius 3 is 2.17 bits per heavy atom. The molecule has 0 unspecified atom stereocenters. The molecule has 1 rings (SSSR count). The topological polar surface area (TPSA) is 0 Å². The zero-order valence-electron chi connectivity index (χ0n) is 6.00. The van der Waals surface area contributed by atoms with Crippen molar-refractivity contribution in [2.45, 2.75) is 4.33 Å². The molecule has 1 aromatic rings. The van der Waals surface area contributed by atoms with Crippen LogP contribution in [0.3, 0.4) is 0 Å². The third-order valence-electron chi connectivity index (χ3n) is 1.40. The zero-order valence-corrected chi connectivity index (χ0v) is 9.22.